The maximum absolute atomic E-state index is 12.4. The van der Waals surface area contributed by atoms with E-state index < -0.39 is 18.1 Å². The summed E-state index contributed by atoms with van der Waals surface area (Å²) in [6.07, 6.45) is -3.13. The third kappa shape index (κ3) is 2.88. The van der Waals surface area contributed by atoms with Crippen LogP contribution >= 0.6 is 15.9 Å². The van der Waals surface area contributed by atoms with Crippen molar-refractivity contribution in [3.05, 3.63) is 21.9 Å². The Bertz CT molecular complexity index is 412. The molecule has 0 radical (unpaired) electrons. The number of halogens is 3. The van der Waals surface area contributed by atoms with Crippen molar-refractivity contribution in [2.75, 3.05) is 7.11 Å². The lowest BCUT2D eigenvalue weighted by Gasteiger charge is -2.07. The number of ether oxygens (including phenoxy) is 1. The number of rotatable bonds is 3. The average molecular weight is 296 g/mol. The Kier molecular flexibility index (Phi) is 4.17. The van der Waals surface area contributed by atoms with Gasteiger partial charge in [0.25, 0.3) is 6.43 Å². The zero-order valence-electron chi connectivity index (χ0n) is 8.21. The topological polar surface area (TPSA) is 59.4 Å². The lowest BCUT2D eigenvalue weighted by Crippen LogP contribution is -2.08. The number of hydrogen-bond acceptors (Lipinski definition) is 4. The van der Waals surface area contributed by atoms with Gasteiger partial charge in [-0.25, -0.2) is 13.8 Å². The molecule has 0 aromatic carbocycles. The molecule has 0 atom stereocenters. The van der Waals surface area contributed by atoms with Gasteiger partial charge in [0.2, 0.25) is 0 Å². The van der Waals surface area contributed by atoms with Gasteiger partial charge >= 0.3 is 5.97 Å². The number of hydrogen-bond donors (Lipinski definition) is 1. The molecule has 88 valence electrons. The average Bonchev–Trinajstić information content (AvgIpc) is 2.23. The van der Waals surface area contributed by atoms with E-state index in [0.717, 1.165) is 13.2 Å². The van der Waals surface area contributed by atoms with Crippen LogP contribution in [0.2, 0.25) is 0 Å². The van der Waals surface area contributed by atoms with Crippen molar-refractivity contribution < 1.29 is 23.4 Å². The summed E-state index contributed by atoms with van der Waals surface area (Å²) in [4.78, 5) is 14.4. The first-order valence-electron chi connectivity index (χ1n) is 4.19. The Morgan fingerprint density at radius 1 is 1.69 bits per heavy atom. The van der Waals surface area contributed by atoms with Gasteiger partial charge in [-0.15, -0.1) is 0 Å². The van der Waals surface area contributed by atoms with Crippen LogP contribution in [0, 0.1) is 0 Å². The summed E-state index contributed by atoms with van der Waals surface area (Å²) in [6, 6.07) is 1.00. The van der Waals surface area contributed by atoms with Crippen LogP contribution < -0.4 is 0 Å². The van der Waals surface area contributed by atoms with E-state index in [4.69, 9.17) is 0 Å². The number of pyridine rings is 1. The highest BCUT2D eigenvalue weighted by Crippen LogP contribution is 2.31. The molecule has 0 aliphatic carbocycles. The third-order valence-electron chi connectivity index (χ3n) is 1.80. The Morgan fingerprint density at radius 2 is 2.31 bits per heavy atom. The molecule has 7 heteroatoms. The predicted molar refractivity (Wildman–Crippen MR) is 54.3 cm³/mol. The number of carbonyl (C=O) groups excluding carboxylic acids is 1. The van der Waals surface area contributed by atoms with Crippen LogP contribution in [0.1, 0.15) is 17.8 Å². The molecular formula is C9H8BrF2NO3. The standard InChI is InChI=1S/C9H8BrF2NO3/c1-16-7(14)3-5-8(15)4(10)2-6(13-5)9(11)12/h2,9,15H,3H2,1H3. The largest absolute Gasteiger partial charge is 0.505 e. The number of aromatic hydroxyl groups is 1. The fourth-order valence-electron chi connectivity index (χ4n) is 1.02. The number of carbonyl (C=O) groups is 1. The predicted octanol–water partition coefficient (Wildman–Crippen LogP) is 2.20. The smallest absolute Gasteiger partial charge is 0.311 e. The van der Waals surface area contributed by atoms with Gasteiger partial charge in [0, 0.05) is 0 Å². The van der Waals surface area contributed by atoms with Crippen molar-refractivity contribution in [3.63, 3.8) is 0 Å². The zero-order chi connectivity index (χ0) is 12.3. The first kappa shape index (κ1) is 12.8. The molecule has 1 rings (SSSR count). The molecule has 16 heavy (non-hydrogen) atoms. The molecule has 0 fully saturated rings. The van der Waals surface area contributed by atoms with E-state index in [0.29, 0.717) is 0 Å². The van der Waals surface area contributed by atoms with E-state index in [2.05, 4.69) is 25.7 Å². The first-order valence-corrected chi connectivity index (χ1v) is 4.98. The second kappa shape index (κ2) is 5.20. The molecular weight excluding hydrogens is 288 g/mol. The molecule has 1 aromatic rings. The van der Waals surface area contributed by atoms with Gasteiger partial charge in [-0.3, -0.25) is 4.79 Å². The summed E-state index contributed by atoms with van der Waals surface area (Å²) in [5, 5.41) is 9.49. The van der Waals surface area contributed by atoms with Crippen LogP contribution in [0.25, 0.3) is 0 Å². The molecule has 0 aliphatic rings. The first-order chi connectivity index (χ1) is 7.45. The lowest BCUT2D eigenvalue weighted by molar-refractivity contribution is -0.139. The van der Waals surface area contributed by atoms with Crippen molar-refractivity contribution in [1.82, 2.24) is 4.98 Å². The SMILES string of the molecule is COC(=O)Cc1nc(C(F)F)cc(Br)c1O. The zero-order valence-corrected chi connectivity index (χ0v) is 9.79. The minimum atomic E-state index is -2.77. The monoisotopic (exact) mass is 295 g/mol. The third-order valence-corrected chi connectivity index (χ3v) is 2.41. The lowest BCUT2D eigenvalue weighted by atomic mass is 10.2. The molecule has 0 saturated heterocycles. The van der Waals surface area contributed by atoms with Crippen LogP contribution in [0.3, 0.4) is 0 Å². The van der Waals surface area contributed by atoms with E-state index in [1.54, 1.807) is 0 Å². The van der Waals surface area contributed by atoms with Crippen molar-refractivity contribution in [2.45, 2.75) is 12.8 Å². The van der Waals surface area contributed by atoms with Crippen LogP contribution in [-0.4, -0.2) is 23.2 Å². The highest BCUT2D eigenvalue weighted by atomic mass is 79.9. The van der Waals surface area contributed by atoms with Gasteiger partial charge in [0.15, 0.2) is 5.75 Å². The summed E-state index contributed by atoms with van der Waals surface area (Å²) in [7, 11) is 1.16. The normalized spacial score (nSPS) is 10.6. The van der Waals surface area contributed by atoms with Crippen molar-refractivity contribution in [3.8, 4) is 5.75 Å². The second-order valence-corrected chi connectivity index (χ2v) is 3.73. The van der Waals surface area contributed by atoms with Crippen molar-refractivity contribution in [1.29, 1.82) is 0 Å². The van der Waals surface area contributed by atoms with Crippen molar-refractivity contribution in [2.24, 2.45) is 0 Å². The molecule has 0 aliphatic heterocycles. The molecule has 0 saturated carbocycles. The number of esters is 1. The summed E-state index contributed by atoms with van der Waals surface area (Å²) in [5.41, 5.74) is -0.653. The number of nitrogens with zero attached hydrogens (tertiary/aromatic N) is 1. The number of aromatic nitrogens is 1. The van der Waals surface area contributed by atoms with E-state index in [-0.39, 0.29) is 22.3 Å². The maximum Gasteiger partial charge on any atom is 0.311 e. The molecule has 0 spiro atoms. The van der Waals surface area contributed by atoms with Crippen LogP contribution in [0.5, 0.6) is 5.75 Å². The minimum Gasteiger partial charge on any atom is -0.505 e. The van der Waals surface area contributed by atoms with E-state index in [1.807, 2.05) is 0 Å². The quantitative estimate of drug-likeness (QED) is 0.869. The fraction of sp³-hybridized carbons (Fsp3) is 0.333. The van der Waals surface area contributed by atoms with Crippen LogP contribution in [0.4, 0.5) is 8.78 Å². The van der Waals surface area contributed by atoms with E-state index >= 15 is 0 Å². The van der Waals surface area contributed by atoms with E-state index in [1.165, 1.54) is 0 Å². The Morgan fingerprint density at radius 3 is 2.81 bits per heavy atom. The van der Waals surface area contributed by atoms with E-state index in [9.17, 15) is 18.7 Å². The highest BCUT2D eigenvalue weighted by molar-refractivity contribution is 9.10. The van der Waals surface area contributed by atoms with Crippen LogP contribution in [-0.2, 0) is 16.0 Å². The van der Waals surface area contributed by atoms with Gasteiger partial charge in [-0.05, 0) is 22.0 Å². The number of alkyl halides is 2. The van der Waals surface area contributed by atoms with Crippen molar-refractivity contribution >= 4 is 21.9 Å². The summed E-state index contributed by atoms with van der Waals surface area (Å²) in [6.45, 7) is 0. The number of methoxy groups -OCH3 is 1. The Hall–Kier alpha value is -1.24. The van der Waals surface area contributed by atoms with Gasteiger partial charge in [0.05, 0.1) is 23.7 Å². The maximum atomic E-state index is 12.4. The molecule has 1 heterocycles. The molecule has 1 aromatic heterocycles. The Labute approximate surface area is 98.4 Å². The van der Waals surface area contributed by atoms with Crippen LogP contribution in [0.15, 0.2) is 10.5 Å². The molecule has 0 bridgehead atoms. The minimum absolute atomic E-state index is 0.0664. The molecule has 1 N–H and O–H groups in total. The second-order valence-electron chi connectivity index (χ2n) is 2.88. The highest BCUT2D eigenvalue weighted by Gasteiger charge is 2.18. The fourth-order valence-corrected chi connectivity index (χ4v) is 1.48. The molecule has 4 nitrogen and oxygen atoms in total. The molecule has 0 unspecified atom stereocenters. The summed E-state index contributed by atoms with van der Waals surface area (Å²) in [5.74, 6) is -1.00. The van der Waals surface area contributed by atoms with Gasteiger partial charge < -0.3 is 9.84 Å². The molecule has 0 amide bonds. The van der Waals surface area contributed by atoms with Gasteiger partial charge in [-0.1, -0.05) is 0 Å². The summed E-state index contributed by atoms with van der Waals surface area (Å²) < 4.78 is 29.2. The summed E-state index contributed by atoms with van der Waals surface area (Å²) >= 11 is 2.90. The van der Waals surface area contributed by atoms with Gasteiger partial charge in [0.1, 0.15) is 5.69 Å². The Balaban J connectivity index is 3.11. The van der Waals surface area contributed by atoms with Gasteiger partial charge in [-0.2, -0.15) is 0 Å².